The first-order valence-electron chi connectivity index (χ1n) is 9.18. The lowest BCUT2D eigenvalue weighted by Gasteiger charge is -2.35. The summed E-state index contributed by atoms with van der Waals surface area (Å²) in [5.41, 5.74) is 2.89. The number of hydrogen-bond acceptors (Lipinski definition) is 5. The molecule has 29 heavy (non-hydrogen) atoms. The van der Waals surface area contributed by atoms with E-state index in [0.29, 0.717) is 30.1 Å². The predicted molar refractivity (Wildman–Crippen MR) is 110 cm³/mol. The van der Waals surface area contributed by atoms with Crippen LogP contribution in [0.3, 0.4) is 0 Å². The van der Waals surface area contributed by atoms with E-state index in [9.17, 15) is 9.59 Å². The molecule has 0 fully saturated rings. The van der Waals surface area contributed by atoms with Crippen LogP contribution < -0.4 is 4.74 Å². The fourth-order valence-electron chi connectivity index (χ4n) is 3.50. The van der Waals surface area contributed by atoms with E-state index in [1.165, 1.54) is 4.90 Å². The van der Waals surface area contributed by atoms with Gasteiger partial charge in [0.2, 0.25) is 0 Å². The van der Waals surface area contributed by atoms with Crippen LogP contribution in [0.1, 0.15) is 34.6 Å². The molecule has 0 saturated carbocycles. The Balaban J connectivity index is 1.62. The summed E-state index contributed by atoms with van der Waals surface area (Å²) < 4.78 is 7.88. The van der Waals surface area contributed by atoms with E-state index >= 15 is 0 Å². The summed E-state index contributed by atoms with van der Waals surface area (Å²) in [5, 5.41) is 4.37. The van der Waals surface area contributed by atoms with Crippen molar-refractivity contribution in [1.82, 2.24) is 24.4 Å². The molecular weight excluding hydrogens is 438 g/mol. The number of amides is 2. The Morgan fingerprint density at radius 2 is 2.10 bits per heavy atom. The predicted octanol–water partition coefficient (Wildman–Crippen LogP) is 3.31. The molecule has 3 heterocycles. The molecule has 1 aromatic carbocycles. The molecule has 150 valence electrons. The average Bonchev–Trinajstić information content (AvgIpc) is 3.11. The molecule has 0 saturated heterocycles. The molecule has 0 aliphatic carbocycles. The van der Waals surface area contributed by atoms with Crippen LogP contribution in [0.2, 0.25) is 0 Å². The van der Waals surface area contributed by atoms with Gasteiger partial charge in [-0.25, -0.2) is 14.3 Å². The maximum absolute atomic E-state index is 13.1. The highest BCUT2D eigenvalue weighted by molar-refractivity contribution is 9.10. The summed E-state index contributed by atoms with van der Waals surface area (Å²) in [6, 6.07) is 7.11. The van der Waals surface area contributed by atoms with E-state index in [2.05, 4.69) is 26.0 Å². The van der Waals surface area contributed by atoms with Gasteiger partial charge in [0, 0.05) is 44.7 Å². The van der Waals surface area contributed by atoms with Crippen molar-refractivity contribution in [3.63, 3.8) is 0 Å². The normalized spacial score (nSPS) is 15.9. The Morgan fingerprint density at radius 3 is 2.86 bits per heavy atom. The van der Waals surface area contributed by atoms with Crippen molar-refractivity contribution in [1.29, 1.82) is 0 Å². The second-order valence-electron chi connectivity index (χ2n) is 7.12. The summed E-state index contributed by atoms with van der Waals surface area (Å²) >= 11 is 3.36. The van der Waals surface area contributed by atoms with Crippen LogP contribution in [-0.4, -0.2) is 57.0 Å². The standard InChI is InChI=1S/C20H20BrN5O3/c1-12-14-5-4-6-17(29-20(28)24(2)3)15(14)7-8-25(12)19(27)16-9-18-22-10-13(21)11-26(18)23-16/h4-6,9-12H,7-8H2,1-3H3. The molecule has 1 unspecified atom stereocenters. The zero-order valence-electron chi connectivity index (χ0n) is 16.3. The van der Waals surface area contributed by atoms with Gasteiger partial charge in [0.25, 0.3) is 5.91 Å². The molecular formula is C20H20BrN5O3. The number of benzene rings is 1. The number of carbonyl (C=O) groups is 2. The molecule has 3 aromatic rings. The minimum Gasteiger partial charge on any atom is -0.410 e. The second kappa shape index (κ2) is 7.47. The molecule has 2 aromatic heterocycles. The van der Waals surface area contributed by atoms with Crippen molar-refractivity contribution in [2.45, 2.75) is 19.4 Å². The maximum Gasteiger partial charge on any atom is 0.414 e. The Kier molecular flexibility index (Phi) is 4.99. The first-order chi connectivity index (χ1) is 13.8. The van der Waals surface area contributed by atoms with Crippen molar-refractivity contribution in [2.24, 2.45) is 0 Å². The van der Waals surface area contributed by atoms with E-state index in [-0.39, 0.29) is 11.9 Å². The molecule has 0 bridgehead atoms. The van der Waals surface area contributed by atoms with Gasteiger partial charge < -0.3 is 14.5 Å². The van der Waals surface area contributed by atoms with E-state index < -0.39 is 6.09 Å². The van der Waals surface area contributed by atoms with Crippen LogP contribution in [-0.2, 0) is 6.42 Å². The van der Waals surface area contributed by atoms with Gasteiger partial charge in [0.1, 0.15) is 5.75 Å². The lowest BCUT2D eigenvalue weighted by Crippen LogP contribution is -2.39. The van der Waals surface area contributed by atoms with Crippen molar-refractivity contribution in [3.8, 4) is 5.75 Å². The number of hydrogen-bond donors (Lipinski definition) is 0. The molecule has 0 radical (unpaired) electrons. The highest BCUT2D eigenvalue weighted by Gasteiger charge is 2.31. The molecule has 9 heteroatoms. The van der Waals surface area contributed by atoms with Gasteiger partial charge in [-0.1, -0.05) is 12.1 Å². The number of aromatic nitrogens is 3. The Bertz CT molecular complexity index is 1110. The zero-order chi connectivity index (χ0) is 20.7. The van der Waals surface area contributed by atoms with Crippen LogP contribution in [0, 0.1) is 0 Å². The van der Waals surface area contributed by atoms with Crippen molar-refractivity contribution in [2.75, 3.05) is 20.6 Å². The van der Waals surface area contributed by atoms with Gasteiger partial charge in [-0.2, -0.15) is 5.10 Å². The van der Waals surface area contributed by atoms with Crippen LogP contribution >= 0.6 is 15.9 Å². The van der Waals surface area contributed by atoms with Gasteiger partial charge in [0.05, 0.1) is 10.5 Å². The number of nitrogens with zero attached hydrogens (tertiary/aromatic N) is 5. The van der Waals surface area contributed by atoms with Crippen LogP contribution in [0.4, 0.5) is 4.79 Å². The van der Waals surface area contributed by atoms with Crippen molar-refractivity contribution < 1.29 is 14.3 Å². The lowest BCUT2D eigenvalue weighted by atomic mass is 9.92. The summed E-state index contributed by atoms with van der Waals surface area (Å²) in [5.74, 6) is 0.391. The van der Waals surface area contributed by atoms with Crippen LogP contribution in [0.25, 0.3) is 5.65 Å². The van der Waals surface area contributed by atoms with Gasteiger partial charge in [-0.3, -0.25) is 4.79 Å². The van der Waals surface area contributed by atoms with Gasteiger partial charge in [-0.05, 0) is 40.9 Å². The van der Waals surface area contributed by atoms with Crippen LogP contribution in [0.5, 0.6) is 5.75 Å². The topological polar surface area (TPSA) is 80.0 Å². The third-order valence-corrected chi connectivity index (χ3v) is 5.42. The quantitative estimate of drug-likeness (QED) is 0.589. The molecule has 4 rings (SSSR count). The zero-order valence-corrected chi connectivity index (χ0v) is 17.9. The van der Waals surface area contributed by atoms with Gasteiger partial charge in [-0.15, -0.1) is 0 Å². The summed E-state index contributed by atoms with van der Waals surface area (Å²) in [4.78, 5) is 32.6. The largest absolute Gasteiger partial charge is 0.414 e. The molecule has 2 amide bonds. The lowest BCUT2D eigenvalue weighted by molar-refractivity contribution is 0.0669. The summed E-state index contributed by atoms with van der Waals surface area (Å²) in [6.45, 7) is 2.48. The van der Waals surface area contributed by atoms with Gasteiger partial charge in [0.15, 0.2) is 11.3 Å². The van der Waals surface area contributed by atoms with E-state index in [0.717, 1.165) is 15.6 Å². The molecule has 8 nitrogen and oxygen atoms in total. The Labute approximate surface area is 176 Å². The Morgan fingerprint density at radius 1 is 1.31 bits per heavy atom. The molecule has 0 spiro atoms. The smallest absolute Gasteiger partial charge is 0.410 e. The first-order valence-corrected chi connectivity index (χ1v) is 9.97. The highest BCUT2D eigenvalue weighted by Crippen LogP contribution is 2.35. The van der Waals surface area contributed by atoms with E-state index in [1.54, 1.807) is 48.0 Å². The molecule has 1 aliphatic heterocycles. The number of carbonyl (C=O) groups excluding carboxylic acids is 2. The highest BCUT2D eigenvalue weighted by atomic mass is 79.9. The fourth-order valence-corrected chi connectivity index (χ4v) is 3.80. The average molecular weight is 458 g/mol. The number of halogens is 1. The number of fused-ring (bicyclic) bond motifs is 2. The monoisotopic (exact) mass is 457 g/mol. The SMILES string of the molecule is CC1c2cccc(OC(=O)N(C)C)c2CCN1C(=O)c1cc2ncc(Br)cn2n1. The molecule has 1 aliphatic rings. The fraction of sp³-hybridized carbons (Fsp3) is 0.300. The minimum atomic E-state index is -0.423. The van der Waals surface area contributed by atoms with E-state index in [4.69, 9.17) is 4.74 Å². The number of ether oxygens (including phenoxy) is 1. The first kappa shape index (κ1) is 19.4. The van der Waals surface area contributed by atoms with E-state index in [1.807, 2.05) is 19.1 Å². The molecule has 0 N–H and O–H groups in total. The van der Waals surface area contributed by atoms with Crippen molar-refractivity contribution in [3.05, 3.63) is 58.0 Å². The van der Waals surface area contributed by atoms with Crippen molar-refractivity contribution >= 4 is 33.6 Å². The summed E-state index contributed by atoms with van der Waals surface area (Å²) in [7, 11) is 3.28. The maximum atomic E-state index is 13.1. The number of rotatable bonds is 2. The third kappa shape index (κ3) is 3.57. The molecule has 1 atom stereocenters. The summed E-state index contributed by atoms with van der Waals surface area (Å²) in [6.07, 6.45) is 3.61. The Hall–Kier alpha value is -2.94. The third-order valence-electron chi connectivity index (χ3n) is 5.01. The van der Waals surface area contributed by atoms with Gasteiger partial charge >= 0.3 is 6.09 Å². The van der Waals surface area contributed by atoms with Crippen LogP contribution in [0.15, 0.2) is 41.1 Å². The second-order valence-corrected chi connectivity index (χ2v) is 8.03. The minimum absolute atomic E-state index is 0.152.